The molecule has 134 valence electrons. The van der Waals surface area contributed by atoms with Crippen LogP contribution in [-0.2, 0) is 5.75 Å². The van der Waals surface area contributed by atoms with Gasteiger partial charge in [-0.2, -0.15) is 0 Å². The molecule has 1 amide bonds. The summed E-state index contributed by atoms with van der Waals surface area (Å²) in [6, 6.07) is 7.74. The molecule has 4 nitrogen and oxygen atoms in total. The van der Waals surface area contributed by atoms with E-state index in [1.165, 1.54) is 0 Å². The first kappa shape index (κ1) is 23.2. The van der Waals surface area contributed by atoms with Gasteiger partial charge in [-0.25, -0.2) is 4.98 Å². The Balaban J connectivity index is 0.00000264. The average molecular weight is 408 g/mol. The second-order valence-electron chi connectivity index (χ2n) is 4.88. The minimum absolute atomic E-state index is 0. The van der Waals surface area contributed by atoms with Gasteiger partial charge in [-0.05, 0) is 51.2 Å². The first-order valence-electron chi connectivity index (χ1n) is 7.25. The number of thiazole rings is 1. The lowest BCUT2D eigenvalue weighted by Crippen LogP contribution is -2.26. The number of aromatic nitrogens is 1. The lowest BCUT2D eigenvalue weighted by molar-refractivity contribution is 0.0953. The van der Waals surface area contributed by atoms with Crippen LogP contribution < -0.4 is 10.6 Å². The Labute approximate surface area is 164 Å². The number of carbonyl (C=O) groups excluding carboxylic acids is 1. The lowest BCUT2D eigenvalue weighted by atomic mass is 10.2. The molecular formula is C16H23Cl2N3OS2. The van der Waals surface area contributed by atoms with Gasteiger partial charge in [0, 0.05) is 28.1 Å². The van der Waals surface area contributed by atoms with E-state index in [-0.39, 0.29) is 30.7 Å². The van der Waals surface area contributed by atoms with E-state index in [9.17, 15) is 4.79 Å². The average Bonchev–Trinajstić information content (AvgIpc) is 2.95. The zero-order valence-corrected chi connectivity index (χ0v) is 17.0. The summed E-state index contributed by atoms with van der Waals surface area (Å²) < 4.78 is 0. The zero-order chi connectivity index (χ0) is 15.8. The van der Waals surface area contributed by atoms with E-state index in [2.05, 4.69) is 21.0 Å². The van der Waals surface area contributed by atoms with Gasteiger partial charge in [0.1, 0.15) is 0 Å². The maximum Gasteiger partial charge on any atom is 0.251 e. The van der Waals surface area contributed by atoms with Crippen molar-refractivity contribution in [1.82, 2.24) is 15.6 Å². The van der Waals surface area contributed by atoms with E-state index in [0.29, 0.717) is 12.1 Å². The van der Waals surface area contributed by atoms with Gasteiger partial charge in [-0.3, -0.25) is 4.79 Å². The summed E-state index contributed by atoms with van der Waals surface area (Å²) in [5.41, 5.74) is 1.82. The SMILES string of the molecule is CNCCCNC(=O)c1ccc(SCc2csc(C)n2)cc1.Cl.Cl. The van der Waals surface area contributed by atoms with Gasteiger partial charge in [0.2, 0.25) is 0 Å². The molecule has 2 N–H and O–H groups in total. The molecule has 0 aliphatic rings. The molecule has 1 aromatic heterocycles. The topological polar surface area (TPSA) is 54.0 Å². The monoisotopic (exact) mass is 407 g/mol. The van der Waals surface area contributed by atoms with Crippen LogP contribution in [0.4, 0.5) is 0 Å². The van der Waals surface area contributed by atoms with Crippen LogP contribution in [0.15, 0.2) is 34.5 Å². The second-order valence-corrected chi connectivity index (χ2v) is 6.99. The van der Waals surface area contributed by atoms with E-state index in [1.54, 1.807) is 23.1 Å². The number of aryl methyl sites for hydroxylation is 1. The van der Waals surface area contributed by atoms with Crippen LogP contribution in [0.2, 0.25) is 0 Å². The van der Waals surface area contributed by atoms with E-state index in [4.69, 9.17) is 0 Å². The van der Waals surface area contributed by atoms with Crippen molar-refractivity contribution >= 4 is 53.8 Å². The Morgan fingerprint density at radius 2 is 1.92 bits per heavy atom. The molecule has 0 spiro atoms. The second kappa shape index (κ2) is 12.6. The molecule has 1 aromatic carbocycles. The zero-order valence-electron chi connectivity index (χ0n) is 13.7. The Bertz CT molecular complexity index is 606. The maximum absolute atomic E-state index is 12.0. The number of halogens is 2. The highest BCUT2D eigenvalue weighted by Gasteiger charge is 2.05. The summed E-state index contributed by atoms with van der Waals surface area (Å²) >= 11 is 3.41. The normalized spacial score (nSPS) is 9.75. The summed E-state index contributed by atoms with van der Waals surface area (Å²) in [7, 11) is 1.91. The fraction of sp³-hybridized carbons (Fsp3) is 0.375. The molecule has 0 unspecified atom stereocenters. The molecular weight excluding hydrogens is 385 g/mol. The number of nitrogens with zero attached hydrogens (tertiary/aromatic N) is 1. The number of amides is 1. The van der Waals surface area contributed by atoms with Crippen molar-refractivity contribution in [3.05, 3.63) is 45.9 Å². The number of carbonyl (C=O) groups is 1. The fourth-order valence-electron chi connectivity index (χ4n) is 1.90. The van der Waals surface area contributed by atoms with Crippen molar-refractivity contribution < 1.29 is 4.79 Å². The fourth-order valence-corrected chi connectivity index (χ4v) is 3.41. The van der Waals surface area contributed by atoms with Crippen molar-refractivity contribution in [2.24, 2.45) is 0 Å². The standard InChI is InChI=1S/C16H21N3OS2.2ClH/c1-12-19-14(10-21-12)11-22-15-6-4-13(5-7-15)16(20)18-9-3-8-17-2;;/h4-7,10,17H,3,8-9,11H2,1-2H3,(H,18,20);2*1H. The predicted octanol–water partition coefficient (Wildman–Crippen LogP) is 3.93. The molecule has 0 fully saturated rings. The summed E-state index contributed by atoms with van der Waals surface area (Å²) in [5.74, 6) is 0.850. The van der Waals surface area contributed by atoms with Crippen LogP contribution >= 0.6 is 47.9 Å². The molecule has 0 atom stereocenters. The number of benzene rings is 1. The van der Waals surface area contributed by atoms with Gasteiger partial charge in [-0.1, -0.05) is 0 Å². The van der Waals surface area contributed by atoms with E-state index in [0.717, 1.165) is 34.3 Å². The molecule has 1 heterocycles. The maximum atomic E-state index is 12.0. The molecule has 0 radical (unpaired) electrons. The van der Waals surface area contributed by atoms with Crippen molar-refractivity contribution in [3.8, 4) is 0 Å². The third kappa shape index (κ3) is 7.85. The third-order valence-electron chi connectivity index (χ3n) is 3.06. The Morgan fingerprint density at radius 1 is 1.21 bits per heavy atom. The Hall–Kier alpha value is -0.790. The first-order valence-corrected chi connectivity index (χ1v) is 9.12. The highest BCUT2D eigenvalue weighted by Crippen LogP contribution is 2.23. The van der Waals surface area contributed by atoms with Crippen LogP contribution in [0, 0.1) is 6.92 Å². The summed E-state index contributed by atoms with van der Waals surface area (Å²) in [5, 5.41) is 9.17. The van der Waals surface area contributed by atoms with E-state index in [1.807, 2.05) is 38.2 Å². The molecule has 24 heavy (non-hydrogen) atoms. The van der Waals surface area contributed by atoms with Gasteiger partial charge in [0.25, 0.3) is 5.91 Å². The molecule has 0 aliphatic carbocycles. The van der Waals surface area contributed by atoms with Gasteiger partial charge in [-0.15, -0.1) is 47.9 Å². The van der Waals surface area contributed by atoms with Crippen LogP contribution in [-0.4, -0.2) is 31.0 Å². The van der Waals surface area contributed by atoms with Crippen LogP contribution in [0.1, 0.15) is 27.5 Å². The Morgan fingerprint density at radius 3 is 2.50 bits per heavy atom. The van der Waals surface area contributed by atoms with Crippen molar-refractivity contribution in [3.63, 3.8) is 0 Å². The van der Waals surface area contributed by atoms with Crippen LogP contribution in [0.3, 0.4) is 0 Å². The van der Waals surface area contributed by atoms with Crippen molar-refractivity contribution in [1.29, 1.82) is 0 Å². The summed E-state index contributed by atoms with van der Waals surface area (Å²) in [6.45, 7) is 3.62. The molecule has 0 saturated carbocycles. The quantitative estimate of drug-likeness (QED) is 0.514. The van der Waals surface area contributed by atoms with Gasteiger partial charge in [0.05, 0.1) is 10.7 Å². The number of hydrogen-bond acceptors (Lipinski definition) is 5. The number of hydrogen-bond donors (Lipinski definition) is 2. The van der Waals surface area contributed by atoms with Crippen molar-refractivity contribution in [2.45, 2.75) is 24.0 Å². The van der Waals surface area contributed by atoms with Gasteiger partial charge in [0.15, 0.2) is 0 Å². The minimum atomic E-state index is -0.0113. The largest absolute Gasteiger partial charge is 0.352 e. The number of thioether (sulfide) groups is 1. The van der Waals surface area contributed by atoms with Crippen LogP contribution in [0.5, 0.6) is 0 Å². The lowest BCUT2D eigenvalue weighted by Gasteiger charge is -2.06. The van der Waals surface area contributed by atoms with E-state index < -0.39 is 0 Å². The van der Waals surface area contributed by atoms with Gasteiger partial charge < -0.3 is 10.6 Å². The predicted molar refractivity (Wildman–Crippen MR) is 108 cm³/mol. The number of rotatable bonds is 8. The highest BCUT2D eigenvalue weighted by atomic mass is 35.5. The number of nitrogens with one attached hydrogen (secondary N) is 2. The first-order chi connectivity index (χ1) is 10.7. The minimum Gasteiger partial charge on any atom is -0.352 e. The molecule has 0 saturated heterocycles. The molecule has 8 heteroatoms. The molecule has 2 rings (SSSR count). The smallest absolute Gasteiger partial charge is 0.251 e. The summed E-state index contributed by atoms with van der Waals surface area (Å²) in [4.78, 5) is 17.6. The molecule has 2 aromatic rings. The van der Waals surface area contributed by atoms with Crippen LogP contribution in [0.25, 0.3) is 0 Å². The third-order valence-corrected chi connectivity index (χ3v) is 4.93. The highest BCUT2D eigenvalue weighted by molar-refractivity contribution is 7.98. The molecule has 0 aliphatic heterocycles. The van der Waals surface area contributed by atoms with E-state index >= 15 is 0 Å². The van der Waals surface area contributed by atoms with Gasteiger partial charge >= 0.3 is 0 Å². The van der Waals surface area contributed by atoms with Crippen molar-refractivity contribution in [2.75, 3.05) is 20.1 Å². The summed E-state index contributed by atoms with van der Waals surface area (Å²) in [6.07, 6.45) is 0.934. The Kier molecular flexibility index (Phi) is 12.1. The molecule has 0 bridgehead atoms.